The van der Waals surface area contributed by atoms with Crippen molar-refractivity contribution in [1.82, 2.24) is 10.2 Å². The molecule has 0 radical (unpaired) electrons. The van der Waals surface area contributed by atoms with Crippen LogP contribution in [0.4, 0.5) is 0 Å². The fourth-order valence-electron chi connectivity index (χ4n) is 2.06. The molecular weight excluding hydrogens is 234 g/mol. The van der Waals surface area contributed by atoms with Crippen molar-refractivity contribution in [1.29, 1.82) is 0 Å². The Balaban J connectivity index is 2.12. The molecule has 0 aromatic rings. The minimum absolute atomic E-state index is 0.914. The van der Waals surface area contributed by atoms with E-state index in [0.717, 1.165) is 52.1 Å². The molecular formula is C16H29N3. The second kappa shape index (κ2) is 9.93. The first kappa shape index (κ1) is 16.1. The zero-order chi connectivity index (χ0) is 13.9. The van der Waals surface area contributed by atoms with Crippen LogP contribution in [0.2, 0.25) is 0 Å². The monoisotopic (exact) mass is 263 g/mol. The van der Waals surface area contributed by atoms with Crippen molar-refractivity contribution in [2.24, 2.45) is 4.99 Å². The molecule has 3 heteroatoms. The van der Waals surface area contributed by atoms with E-state index < -0.39 is 0 Å². The Kier molecular flexibility index (Phi) is 8.43. The minimum atomic E-state index is 0.914. The zero-order valence-electron chi connectivity index (χ0n) is 12.8. The van der Waals surface area contributed by atoms with E-state index in [2.05, 4.69) is 48.1 Å². The predicted molar refractivity (Wildman–Crippen MR) is 85.1 cm³/mol. The van der Waals surface area contributed by atoms with Gasteiger partial charge in [0.2, 0.25) is 0 Å². The van der Waals surface area contributed by atoms with Gasteiger partial charge in [0.05, 0.1) is 6.54 Å². The fraction of sp³-hybridized carbons (Fsp3) is 0.688. The first-order valence-electron chi connectivity index (χ1n) is 7.40. The van der Waals surface area contributed by atoms with Crippen LogP contribution in [-0.4, -0.2) is 50.4 Å². The highest BCUT2D eigenvalue weighted by Gasteiger charge is 2.07. The Labute approximate surface area is 118 Å². The first-order chi connectivity index (χ1) is 9.18. The van der Waals surface area contributed by atoms with E-state index in [0.29, 0.717) is 0 Å². The molecule has 1 fully saturated rings. The zero-order valence-corrected chi connectivity index (χ0v) is 12.8. The van der Waals surface area contributed by atoms with Crippen LogP contribution < -0.4 is 5.32 Å². The van der Waals surface area contributed by atoms with Crippen molar-refractivity contribution in [3.63, 3.8) is 0 Å². The first-order valence-corrected chi connectivity index (χ1v) is 7.40. The standard InChI is InChI=1S/C16H29N3/c1-15(2)5-4-6-16(3)7-8-17-9-12-19-13-10-18-11-14-19/h5,7-8,18H,4,6,9-14H2,1-3H3. The topological polar surface area (TPSA) is 27.6 Å². The molecule has 1 heterocycles. The molecule has 0 amide bonds. The molecule has 0 aromatic heterocycles. The second-order valence-corrected chi connectivity index (χ2v) is 5.48. The maximum atomic E-state index is 4.47. The van der Waals surface area contributed by atoms with E-state index >= 15 is 0 Å². The number of aliphatic imine (C=N–C) groups is 1. The summed E-state index contributed by atoms with van der Waals surface area (Å²) in [4.78, 5) is 6.94. The van der Waals surface area contributed by atoms with Gasteiger partial charge < -0.3 is 5.32 Å². The van der Waals surface area contributed by atoms with Crippen LogP contribution in [0.1, 0.15) is 33.6 Å². The lowest BCUT2D eigenvalue weighted by molar-refractivity contribution is 0.248. The smallest absolute Gasteiger partial charge is 0.0516 e. The summed E-state index contributed by atoms with van der Waals surface area (Å²) in [5, 5.41) is 3.36. The Hall–Kier alpha value is -0.930. The van der Waals surface area contributed by atoms with E-state index in [4.69, 9.17) is 0 Å². The minimum Gasteiger partial charge on any atom is -0.314 e. The quantitative estimate of drug-likeness (QED) is 0.565. The molecule has 0 bridgehead atoms. The van der Waals surface area contributed by atoms with Crippen LogP contribution >= 0.6 is 0 Å². The fourth-order valence-corrected chi connectivity index (χ4v) is 2.06. The molecule has 19 heavy (non-hydrogen) atoms. The maximum absolute atomic E-state index is 4.47. The largest absolute Gasteiger partial charge is 0.314 e. The van der Waals surface area contributed by atoms with Gasteiger partial charge in [-0.2, -0.15) is 0 Å². The van der Waals surface area contributed by atoms with Crippen LogP contribution in [0.3, 0.4) is 0 Å². The van der Waals surface area contributed by atoms with Crippen molar-refractivity contribution in [2.75, 3.05) is 39.3 Å². The molecule has 0 spiro atoms. The van der Waals surface area contributed by atoms with Gasteiger partial charge in [-0.25, -0.2) is 0 Å². The lowest BCUT2D eigenvalue weighted by atomic mass is 10.1. The third-order valence-electron chi connectivity index (χ3n) is 3.31. The summed E-state index contributed by atoms with van der Waals surface area (Å²) in [6, 6.07) is 0. The Morgan fingerprint density at radius 2 is 1.95 bits per heavy atom. The number of nitrogens with zero attached hydrogens (tertiary/aromatic N) is 2. The molecule has 1 aliphatic heterocycles. The van der Waals surface area contributed by atoms with Gasteiger partial charge in [-0.15, -0.1) is 0 Å². The molecule has 1 rings (SSSR count). The molecule has 0 aromatic carbocycles. The van der Waals surface area contributed by atoms with Crippen molar-refractivity contribution in [3.05, 3.63) is 23.3 Å². The highest BCUT2D eigenvalue weighted by atomic mass is 15.2. The summed E-state index contributed by atoms with van der Waals surface area (Å²) >= 11 is 0. The van der Waals surface area contributed by atoms with Gasteiger partial charge in [0.1, 0.15) is 0 Å². The highest BCUT2D eigenvalue weighted by molar-refractivity contribution is 5.71. The molecule has 0 atom stereocenters. The lowest BCUT2D eigenvalue weighted by Crippen LogP contribution is -2.44. The normalized spacial score (nSPS) is 17.9. The van der Waals surface area contributed by atoms with Crippen molar-refractivity contribution >= 4 is 6.21 Å². The van der Waals surface area contributed by atoms with E-state index in [9.17, 15) is 0 Å². The van der Waals surface area contributed by atoms with Crippen LogP contribution in [0.15, 0.2) is 28.3 Å². The van der Waals surface area contributed by atoms with Crippen LogP contribution in [0.5, 0.6) is 0 Å². The summed E-state index contributed by atoms with van der Waals surface area (Å²) in [6.45, 7) is 13.0. The number of hydrogen-bond donors (Lipinski definition) is 1. The second-order valence-electron chi connectivity index (χ2n) is 5.48. The van der Waals surface area contributed by atoms with Gasteiger partial charge in [0.15, 0.2) is 0 Å². The van der Waals surface area contributed by atoms with Gasteiger partial charge in [0.25, 0.3) is 0 Å². The molecule has 1 N–H and O–H groups in total. The van der Waals surface area contributed by atoms with Crippen LogP contribution in [0, 0.1) is 0 Å². The van der Waals surface area contributed by atoms with Gasteiger partial charge in [-0.3, -0.25) is 9.89 Å². The number of nitrogens with one attached hydrogen (secondary N) is 1. The van der Waals surface area contributed by atoms with Gasteiger partial charge in [0, 0.05) is 38.9 Å². The SMILES string of the molecule is CC(C)=CCCC(C)=CC=NCCN1CCNCC1. The van der Waals surface area contributed by atoms with E-state index in [1.165, 1.54) is 11.1 Å². The third kappa shape index (κ3) is 8.73. The average Bonchev–Trinajstić information content (AvgIpc) is 2.39. The molecule has 108 valence electrons. The average molecular weight is 263 g/mol. The molecule has 0 aliphatic carbocycles. The number of hydrogen-bond acceptors (Lipinski definition) is 3. The third-order valence-corrected chi connectivity index (χ3v) is 3.31. The Morgan fingerprint density at radius 1 is 1.21 bits per heavy atom. The highest BCUT2D eigenvalue weighted by Crippen LogP contribution is 2.05. The number of allylic oxidation sites excluding steroid dienone is 4. The van der Waals surface area contributed by atoms with Crippen molar-refractivity contribution in [2.45, 2.75) is 33.6 Å². The molecule has 0 unspecified atom stereocenters. The Bertz CT molecular complexity index is 319. The summed E-state index contributed by atoms with van der Waals surface area (Å²) in [7, 11) is 0. The lowest BCUT2D eigenvalue weighted by Gasteiger charge is -2.26. The molecule has 1 aliphatic rings. The van der Waals surface area contributed by atoms with Crippen LogP contribution in [0.25, 0.3) is 0 Å². The van der Waals surface area contributed by atoms with Gasteiger partial charge >= 0.3 is 0 Å². The predicted octanol–water partition coefficient (Wildman–Crippen LogP) is 2.66. The number of rotatable bonds is 7. The Morgan fingerprint density at radius 3 is 2.63 bits per heavy atom. The van der Waals surface area contributed by atoms with Crippen LogP contribution in [-0.2, 0) is 0 Å². The van der Waals surface area contributed by atoms with E-state index in [1.807, 2.05) is 6.21 Å². The van der Waals surface area contributed by atoms with Crippen molar-refractivity contribution < 1.29 is 0 Å². The molecule has 0 saturated carbocycles. The van der Waals surface area contributed by atoms with E-state index in [-0.39, 0.29) is 0 Å². The summed E-state index contributed by atoms with van der Waals surface area (Å²) in [5.41, 5.74) is 2.81. The number of piperazine rings is 1. The molecule has 3 nitrogen and oxygen atoms in total. The summed E-state index contributed by atoms with van der Waals surface area (Å²) in [6.07, 6.45) is 8.68. The van der Waals surface area contributed by atoms with Crippen molar-refractivity contribution in [3.8, 4) is 0 Å². The maximum Gasteiger partial charge on any atom is 0.0516 e. The van der Waals surface area contributed by atoms with Gasteiger partial charge in [-0.1, -0.05) is 17.2 Å². The summed E-state index contributed by atoms with van der Waals surface area (Å²) in [5.74, 6) is 0. The van der Waals surface area contributed by atoms with E-state index in [1.54, 1.807) is 0 Å². The van der Waals surface area contributed by atoms with Gasteiger partial charge in [-0.05, 0) is 39.7 Å². The summed E-state index contributed by atoms with van der Waals surface area (Å²) < 4.78 is 0. The molecule has 1 saturated heterocycles.